The molecule has 20 heavy (non-hydrogen) atoms. The van der Waals surface area contributed by atoms with Crippen molar-refractivity contribution in [1.29, 1.82) is 0 Å². The summed E-state index contributed by atoms with van der Waals surface area (Å²) in [5.74, 6) is 1.21. The normalized spacial score (nSPS) is 20.8. The molecule has 0 bridgehead atoms. The average Bonchev–Trinajstić information content (AvgIpc) is 2.47. The van der Waals surface area contributed by atoms with Crippen molar-refractivity contribution in [1.82, 2.24) is 15.1 Å². The summed E-state index contributed by atoms with van der Waals surface area (Å²) in [6, 6.07) is 0. The van der Waals surface area contributed by atoms with Crippen molar-refractivity contribution < 1.29 is 4.79 Å². The van der Waals surface area contributed by atoms with Crippen LogP contribution >= 0.6 is 12.4 Å². The molecule has 0 aromatic carbocycles. The van der Waals surface area contributed by atoms with Gasteiger partial charge < -0.3 is 10.2 Å². The summed E-state index contributed by atoms with van der Waals surface area (Å²) >= 11 is 0. The van der Waals surface area contributed by atoms with E-state index in [9.17, 15) is 4.79 Å². The topological polar surface area (TPSA) is 35.6 Å². The van der Waals surface area contributed by atoms with Gasteiger partial charge in [0.2, 0.25) is 5.91 Å². The van der Waals surface area contributed by atoms with Crippen LogP contribution in [0.4, 0.5) is 0 Å². The van der Waals surface area contributed by atoms with Gasteiger partial charge in [-0.25, -0.2) is 0 Å². The molecule has 0 radical (unpaired) electrons. The fourth-order valence-corrected chi connectivity index (χ4v) is 3.20. The lowest BCUT2D eigenvalue weighted by molar-refractivity contribution is -0.132. The van der Waals surface area contributed by atoms with E-state index in [4.69, 9.17) is 0 Å². The Bertz CT molecular complexity index is 276. The molecule has 1 saturated carbocycles. The Morgan fingerprint density at radius 2 is 1.85 bits per heavy atom. The molecule has 1 heterocycles. The van der Waals surface area contributed by atoms with Crippen LogP contribution in [0, 0.1) is 5.92 Å². The highest BCUT2D eigenvalue weighted by Gasteiger charge is 2.18. The second kappa shape index (κ2) is 9.59. The first kappa shape index (κ1) is 17.7. The molecule has 4 nitrogen and oxygen atoms in total. The smallest absolute Gasteiger partial charge is 0.236 e. The maximum Gasteiger partial charge on any atom is 0.236 e. The molecule has 0 unspecified atom stereocenters. The fraction of sp³-hybridized carbons (Fsp3) is 0.933. The van der Waals surface area contributed by atoms with Crippen molar-refractivity contribution >= 4 is 18.3 Å². The first-order chi connectivity index (χ1) is 9.25. The SMILES string of the molecule is CN(CCC1CCCCC1)CC(=O)N1CCNCC1.Cl. The highest BCUT2D eigenvalue weighted by atomic mass is 35.5. The minimum absolute atomic E-state index is 0. The van der Waals surface area contributed by atoms with E-state index < -0.39 is 0 Å². The standard InChI is InChI=1S/C15H29N3O.ClH/c1-17(10-7-14-5-3-2-4-6-14)13-15(19)18-11-8-16-9-12-18;/h14,16H,2-13H2,1H3;1H. The van der Waals surface area contributed by atoms with Crippen LogP contribution in [-0.4, -0.2) is 62.0 Å². The molecule has 1 saturated heterocycles. The van der Waals surface area contributed by atoms with Gasteiger partial charge in [0.25, 0.3) is 0 Å². The molecule has 2 rings (SSSR count). The summed E-state index contributed by atoms with van der Waals surface area (Å²) in [7, 11) is 2.09. The molecular weight excluding hydrogens is 274 g/mol. The van der Waals surface area contributed by atoms with E-state index in [0.717, 1.165) is 38.6 Å². The predicted molar refractivity (Wildman–Crippen MR) is 85.4 cm³/mol. The van der Waals surface area contributed by atoms with E-state index in [1.54, 1.807) is 0 Å². The number of nitrogens with one attached hydrogen (secondary N) is 1. The number of likely N-dealkylation sites (N-methyl/N-ethyl adjacent to an activating group) is 1. The van der Waals surface area contributed by atoms with Crippen molar-refractivity contribution in [2.75, 3.05) is 46.3 Å². The Morgan fingerprint density at radius 3 is 2.50 bits per heavy atom. The maximum atomic E-state index is 12.1. The van der Waals surface area contributed by atoms with Crippen LogP contribution in [0.1, 0.15) is 38.5 Å². The summed E-state index contributed by atoms with van der Waals surface area (Å²) in [6.45, 7) is 5.29. The summed E-state index contributed by atoms with van der Waals surface area (Å²) < 4.78 is 0. The van der Waals surface area contributed by atoms with E-state index in [2.05, 4.69) is 17.3 Å². The zero-order valence-corrected chi connectivity index (χ0v) is 13.6. The van der Waals surface area contributed by atoms with Crippen LogP contribution in [0.25, 0.3) is 0 Å². The molecule has 118 valence electrons. The number of amides is 1. The third kappa shape index (κ3) is 5.98. The number of hydrogen-bond acceptors (Lipinski definition) is 3. The van der Waals surface area contributed by atoms with Gasteiger partial charge in [0.05, 0.1) is 6.54 Å². The first-order valence-corrected chi connectivity index (χ1v) is 7.93. The zero-order valence-electron chi connectivity index (χ0n) is 12.8. The Balaban J connectivity index is 0.00000200. The summed E-state index contributed by atoms with van der Waals surface area (Å²) in [5, 5.41) is 3.28. The van der Waals surface area contributed by atoms with Gasteiger partial charge in [-0.1, -0.05) is 32.1 Å². The number of piperazine rings is 1. The van der Waals surface area contributed by atoms with Crippen molar-refractivity contribution in [2.24, 2.45) is 5.92 Å². The van der Waals surface area contributed by atoms with Crippen LogP contribution in [0.15, 0.2) is 0 Å². The molecule has 0 atom stereocenters. The number of carbonyl (C=O) groups is 1. The third-order valence-electron chi connectivity index (χ3n) is 4.52. The lowest BCUT2D eigenvalue weighted by Crippen LogP contribution is -2.49. The van der Waals surface area contributed by atoms with Gasteiger partial charge in [-0.3, -0.25) is 9.69 Å². The van der Waals surface area contributed by atoms with Gasteiger partial charge in [0, 0.05) is 26.2 Å². The fourth-order valence-electron chi connectivity index (χ4n) is 3.20. The molecule has 1 aliphatic heterocycles. The van der Waals surface area contributed by atoms with Crippen LogP contribution < -0.4 is 5.32 Å². The Morgan fingerprint density at radius 1 is 1.20 bits per heavy atom. The molecule has 1 aliphatic carbocycles. The van der Waals surface area contributed by atoms with Gasteiger partial charge in [-0.05, 0) is 25.9 Å². The number of nitrogens with zero attached hydrogens (tertiary/aromatic N) is 2. The highest BCUT2D eigenvalue weighted by Crippen LogP contribution is 2.26. The van der Waals surface area contributed by atoms with Gasteiger partial charge >= 0.3 is 0 Å². The van der Waals surface area contributed by atoms with E-state index in [-0.39, 0.29) is 12.4 Å². The predicted octanol–water partition coefficient (Wildman–Crippen LogP) is 1.74. The maximum absolute atomic E-state index is 12.1. The molecule has 2 fully saturated rings. The van der Waals surface area contributed by atoms with Gasteiger partial charge in [-0.15, -0.1) is 12.4 Å². The number of hydrogen-bond donors (Lipinski definition) is 1. The quantitative estimate of drug-likeness (QED) is 0.840. The lowest BCUT2D eigenvalue weighted by Gasteiger charge is -2.30. The molecular formula is C15H30ClN3O. The monoisotopic (exact) mass is 303 g/mol. The van der Waals surface area contributed by atoms with Crippen molar-refractivity contribution in [3.8, 4) is 0 Å². The minimum atomic E-state index is 0. The van der Waals surface area contributed by atoms with Gasteiger partial charge in [-0.2, -0.15) is 0 Å². The highest BCUT2D eigenvalue weighted by molar-refractivity contribution is 5.85. The molecule has 5 heteroatoms. The lowest BCUT2D eigenvalue weighted by atomic mass is 9.87. The molecule has 2 aliphatic rings. The molecule has 1 amide bonds. The third-order valence-corrected chi connectivity index (χ3v) is 4.52. The molecule has 1 N–H and O–H groups in total. The molecule has 0 spiro atoms. The van der Waals surface area contributed by atoms with Crippen LogP contribution in [-0.2, 0) is 4.79 Å². The van der Waals surface area contributed by atoms with Crippen LogP contribution in [0.5, 0.6) is 0 Å². The van der Waals surface area contributed by atoms with Crippen LogP contribution in [0.3, 0.4) is 0 Å². The molecule has 0 aromatic heterocycles. The molecule has 0 aromatic rings. The van der Waals surface area contributed by atoms with Gasteiger partial charge in [0.1, 0.15) is 0 Å². The van der Waals surface area contributed by atoms with E-state index in [0.29, 0.717) is 12.5 Å². The average molecular weight is 304 g/mol. The van der Waals surface area contributed by atoms with E-state index in [1.165, 1.54) is 38.5 Å². The number of rotatable bonds is 5. The Kier molecular flexibility index (Phi) is 8.50. The van der Waals surface area contributed by atoms with E-state index in [1.807, 2.05) is 4.90 Å². The van der Waals surface area contributed by atoms with Crippen molar-refractivity contribution in [3.05, 3.63) is 0 Å². The van der Waals surface area contributed by atoms with Crippen LogP contribution in [0.2, 0.25) is 0 Å². The summed E-state index contributed by atoms with van der Waals surface area (Å²) in [5.41, 5.74) is 0. The first-order valence-electron chi connectivity index (χ1n) is 7.93. The minimum Gasteiger partial charge on any atom is -0.339 e. The second-order valence-corrected chi connectivity index (χ2v) is 6.16. The van der Waals surface area contributed by atoms with Crippen molar-refractivity contribution in [3.63, 3.8) is 0 Å². The number of halogens is 1. The zero-order chi connectivity index (χ0) is 13.5. The summed E-state index contributed by atoms with van der Waals surface area (Å²) in [6.07, 6.45) is 8.32. The number of carbonyl (C=O) groups excluding carboxylic acids is 1. The Hall–Kier alpha value is -0.320. The summed E-state index contributed by atoms with van der Waals surface area (Å²) in [4.78, 5) is 16.3. The Labute approximate surface area is 129 Å². The second-order valence-electron chi connectivity index (χ2n) is 6.16. The van der Waals surface area contributed by atoms with E-state index >= 15 is 0 Å². The van der Waals surface area contributed by atoms with Gasteiger partial charge in [0.15, 0.2) is 0 Å². The largest absolute Gasteiger partial charge is 0.339 e. The van der Waals surface area contributed by atoms with Crippen molar-refractivity contribution in [2.45, 2.75) is 38.5 Å².